The zero-order valence-corrected chi connectivity index (χ0v) is 19.3. The standard InChI is InChI=1S/C28H23N3O4/c1-17-24(18-8-4-3-5-9-18)22(16-29)26(30)28(31(32)33)25(17)21-10-6-7-11-23(21)35-27(28)19-12-14-20(34-2)15-13-19/h3-15,25,27H,30H2,1-2H3/t25-,27+,28-/m1/s1. The van der Waals surface area contributed by atoms with Gasteiger partial charge in [0, 0.05) is 21.6 Å². The van der Waals surface area contributed by atoms with Gasteiger partial charge in [-0.25, -0.2) is 0 Å². The molecule has 2 N–H and O–H groups in total. The minimum Gasteiger partial charge on any atom is -0.497 e. The van der Waals surface area contributed by atoms with Gasteiger partial charge in [0.15, 0.2) is 0 Å². The molecule has 0 saturated carbocycles. The summed E-state index contributed by atoms with van der Waals surface area (Å²) >= 11 is 0. The highest BCUT2D eigenvalue weighted by Gasteiger charge is 2.67. The first-order valence-electron chi connectivity index (χ1n) is 11.2. The number of nitriles is 1. The maximum absolute atomic E-state index is 13.1. The highest BCUT2D eigenvalue weighted by Crippen LogP contribution is 2.59. The molecule has 3 atom stereocenters. The van der Waals surface area contributed by atoms with E-state index in [2.05, 4.69) is 6.07 Å². The Labute approximate surface area is 202 Å². The molecule has 3 aromatic carbocycles. The Balaban J connectivity index is 1.87. The second-order valence-electron chi connectivity index (χ2n) is 8.65. The molecule has 174 valence electrons. The zero-order valence-electron chi connectivity index (χ0n) is 19.3. The van der Waals surface area contributed by atoms with Crippen LogP contribution >= 0.6 is 0 Å². The van der Waals surface area contributed by atoms with Crippen molar-refractivity contribution in [2.75, 3.05) is 7.11 Å². The highest BCUT2D eigenvalue weighted by molar-refractivity contribution is 5.89. The normalized spacial score (nSPS) is 23.0. The molecule has 1 heterocycles. The molecule has 0 unspecified atom stereocenters. The van der Waals surface area contributed by atoms with E-state index in [4.69, 9.17) is 15.2 Å². The molecule has 0 amide bonds. The van der Waals surface area contributed by atoms with Gasteiger partial charge >= 0.3 is 5.54 Å². The van der Waals surface area contributed by atoms with Crippen LogP contribution < -0.4 is 15.2 Å². The van der Waals surface area contributed by atoms with E-state index in [0.29, 0.717) is 33.8 Å². The summed E-state index contributed by atoms with van der Waals surface area (Å²) in [5.74, 6) is 0.418. The van der Waals surface area contributed by atoms with Gasteiger partial charge in [0.1, 0.15) is 23.3 Å². The number of allylic oxidation sites excluding steroid dienone is 2. The van der Waals surface area contributed by atoms with Crippen molar-refractivity contribution < 1.29 is 14.4 Å². The number of hydrogen-bond donors (Lipinski definition) is 1. The van der Waals surface area contributed by atoms with E-state index in [0.717, 1.165) is 5.56 Å². The first-order valence-corrected chi connectivity index (χ1v) is 11.2. The van der Waals surface area contributed by atoms with Gasteiger partial charge in [0.2, 0.25) is 6.10 Å². The number of benzene rings is 3. The van der Waals surface area contributed by atoms with Crippen LogP contribution in [0.25, 0.3) is 5.57 Å². The zero-order chi connectivity index (χ0) is 24.7. The van der Waals surface area contributed by atoms with Crippen molar-refractivity contribution >= 4 is 5.57 Å². The predicted octanol–water partition coefficient (Wildman–Crippen LogP) is 5.15. The van der Waals surface area contributed by atoms with Gasteiger partial charge in [-0.15, -0.1) is 0 Å². The average Bonchev–Trinajstić information content (AvgIpc) is 2.89. The van der Waals surface area contributed by atoms with Crippen molar-refractivity contribution in [1.82, 2.24) is 0 Å². The molecule has 1 aliphatic heterocycles. The molecule has 5 rings (SSSR count). The summed E-state index contributed by atoms with van der Waals surface area (Å²) in [6, 6.07) is 25.8. The van der Waals surface area contributed by atoms with Gasteiger partial charge in [-0.2, -0.15) is 5.26 Å². The first kappa shape index (κ1) is 22.2. The van der Waals surface area contributed by atoms with Crippen LogP contribution in [0.4, 0.5) is 0 Å². The van der Waals surface area contributed by atoms with Crippen LogP contribution in [0, 0.1) is 21.4 Å². The van der Waals surface area contributed by atoms with E-state index in [-0.39, 0.29) is 16.2 Å². The molecule has 3 aromatic rings. The van der Waals surface area contributed by atoms with Crippen LogP contribution in [0.2, 0.25) is 0 Å². The lowest BCUT2D eigenvalue weighted by Gasteiger charge is -2.46. The third-order valence-electron chi connectivity index (χ3n) is 6.99. The Bertz CT molecular complexity index is 1420. The van der Waals surface area contributed by atoms with E-state index >= 15 is 0 Å². The van der Waals surface area contributed by atoms with E-state index < -0.39 is 17.6 Å². The summed E-state index contributed by atoms with van der Waals surface area (Å²) in [7, 11) is 1.55. The Kier molecular flexibility index (Phi) is 5.29. The third-order valence-corrected chi connectivity index (χ3v) is 6.99. The fraction of sp³-hybridized carbons (Fsp3) is 0.179. The number of methoxy groups -OCH3 is 1. The summed E-state index contributed by atoms with van der Waals surface area (Å²) in [5, 5.41) is 23.4. The number of ether oxygens (including phenoxy) is 2. The fourth-order valence-corrected chi connectivity index (χ4v) is 5.46. The Morgan fingerprint density at radius 2 is 1.71 bits per heavy atom. The molecular formula is C28H23N3O4. The van der Waals surface area contributed by atoms with Gasteiger partial charge < -0.3 is 15.2 Å². The molecule has 0 radical (unpaired) electrons. The lowest BCUT2D eigenvalue weighted by molar-refractivity contribution is -0.576. The second kappa shape index (κ2) is 8.33. The van der Waals surface area contributed by atoms with Crippen molar-refractivity contribution in [2.24, 2.45) is 5.73 Å². The lowest BCUT2D eigenvalue weighted by atomic mass is 9.61. The van der Waals surface area contributed by atoms with E-state index in [1.54, 1.807) is 31.4 Å². The summed E-state index contributed by atoms with van der Waals surface area (Å²) < 4.78 is 11.6. The summed E-state index contributed by atoms with van der Waals surface area (Å²) in [6.07, 6.45) is -1.07. The Morgan fingerprint density at radius 3 is 2.34 bits per heavy atom. The second-order valence-corrected chi connectivity index (χ2v) is 8.65. The highest BCUT2D eigenvalue weighted by atomic mass is 16.6. The SMILES string of the molecule is COc1ccc([C@@H]2Oc3ccccc3[C@H]3C(C)=C(c4ccccc4)C(C#N)=C(N)[C@]32[N+](=O)[O-])cc1. The molecule has 0 bridgehead atoms. The summed E-state index contributed by atoms with van der Waals surface area (Å²) in [4.78, 5) is 12.8. The largest absolute Gasteiger partial charge is 0.497 e. The van der Waals surface area contributed by atoms with E-state index in [9.17, 15) is 15.4 Å². The van der Waals surface area contributed by atoms with Crippen LogP contribution in [0.3, 0.4) is 0 Å². The molecule has 2 aliphatic rings. The number of rotatable bonds is 4. The maximum atomic E-state index is 13.1. The van der Waals surface area contributed by atoms with E-state index in [1.165, 1.54) is 0 Å². The topological polar surface area (TPSA) is 111 Å². The third kappa shape index (κ3) is 3.11. The van der Waals surface area contributed by atoms with Crippen LogP contribution in [-0.2, 0) is 0 Å². The fourth-order valence-electron chi connectivity index (χ4n) is 5.46. The molecule has 7 heteroatoms. The molecule has 7 nitrogen and oxygen atoms in total. The minimum absolute atomic E-state index is 0.100. The monoisotopic (exact) mass is 465 g/mol. The first-order chi connectivity index (χ1) is 16.9. The summed E-state index contributed by atoms with van der Waals surface area (Å²) in [6.45, 7) is 1.85. The molecular weight excluding hydrogens is 442 g/mol. The number of fused-ring (bicyclic) bond motifs is 3. The lowest BCUT2D eigenvalue weighted by Crippen LogP contribution is -2.59. The predicted molar refractivity (Wildman–Crippen MR) is 131 cm³/mol. The van der Waals surface area contributed by atoms with Crippen LogP contribution in [0.15, 0.2) is 95.7 Å². The maximum Gasteiger partial charge on any atom is 0.312 e. The number of nitrogens with zero attached hydrogens (tertiary/aromatic N) is 2. The smallest absolute Gasteiger partial charge is 0.312 e. The molecule has 0 fully saturated rings. The molecule has 0 spiro atoms. The summed E-state index contributed by atoms with van der Waals surface area (Å²) in [5.41, 5.74) is 8.11. The number of para-hydroxylation sites is 1. The number of hydrogen-bond acceptors (Lipinski definition) is 6. The van der Waals surface area contributed by atoms with Gasteiger partial charge in [-0.3, -0.25) is 10.1 Å². The van der Waals surface area contributed by atoms with Crippen molar-refractivity contribution in [2.45, 2.75) is 24.5 Å². The van der Waals surface area contributed by atoms with Crippen molar-refractivity contribution in [3.8, 4) is 17.6 Å². The van der Waals surface area contributed by atoms with Crippen molar-refractivity contribution in [1.29, 1.82) is 5.26 Å². The average molecular weight is 466 g/mol. The minimum atomic E-state index is -1.92. The molecule has 0 saturated heterocycles. The van der Waals surface area contributed by atoms with E-state index in [1.807, 2.05) is 61.5 Å². The van der Waals surface area contributed by atoms with Gasteiger partial charge in [-0.1, -0.05) is 60.7 Å². The number of nitrogens with two attached hydrogens (primary N) is 1. The Hall–Kier alpha value is -4.57. The van der Waals surface area contributed by atoms with Crippen LogP contribution in [-0.4, -0.2) is 17.6 Å². The molecule has 1 aliphatic carbocycles. The number of nitro groups is 1. The quantitative estimate of drug-likeness (QED) is 0.421. The van der Waals surface area contributed by atoms with Gasteiger partial charge in [-0.05, 0) is 36.3 Å². The van der Waals surface area contributed by atoms with Crippen molar-refractivity contribution in [3.05, 3.63) is 123 Å². The molecule has 35 heavy (non-hydrogen) atoms. The van der Waals surface area contributed by atoms with Crippen LogP contribution in [0.5, 0.6) is 11.5 Å². The van der Waals surface area contributed by atoms with Gasteiger partial charge in [0.25, 0.3) is 0 Å². The van der Waals surface area contributed by atoms with Crippen molar-refractivity contribution in [3.63, 3.8) is 0 Å². The van der Waals surface area contributed by atoms with Crippen LogP contribution in [0.1, 0.15) is 35.6 Å². The Morgan fingerprint density at radius 1 is 1.06 bits per heavy atom. The molecule has 0 aromatic heterocycles. The van der Waals surface area contributed by atoms with Gasteiger partial charge in [0.05, 0.1) is 18.6 Å².